The first-order valence-corrected chi connectivity index (χ1v) is 5.16. The summed E-state index contributed by atoms with van der Waals surface area (Å²) in [6.07, 6.45) is 1.61. The number of fused-ring (bicyclic) bond motifs is 1. The summed E-state index contributed by atoms with van der Waals surface area (Å²) in [7, 11) is 0. The van der Waals surface area contributed by atoms with Crippen LogP contribution in [0.15, 0.2) is 6.20 Å². The third kappa shape index (κ3) is 2.40. The van der Waals surface area contributed by atoms with Crippen molar-refractivity contribution in [3.05, 3.63) is 11.5 Å². The minimum absolute atomic E-state index is 0.134. The maximum absolute atomic E-state index is 9.61. The maximum Gasteiger partial charge on any atom is 0.226 e. The van der Waals surface area contributed by atoms with Crippen molar-refractivity contribution in [3.8, 4) is 0 Å². The number of rotatable bonds is 3. The summed E-state index contributed by atoms with van der Waals surface area (Å²) in [4.78, 5) is 8.02. The maximum atomic E-state index is 9.61. The van der Waals surface area contributed by atoms with Gasteiger partial charge in [-0.2, -0.15) is 15.1 Å². The molecule has 0 aromatic carbocycles. The van der Waals surface area contributed by atoms with E-state index in [1.54, 1.807) is 20.0 Å². The highest BCUT2D eigenvalue weighted by Gasteiger charge is 2.14. The van der Waals surface area contributed by atoms with Crippen molar-refractivity contribution in [1.29, 1.82) is 0 Å². The Morgan fingerprint density at radius 1 is 1.50 bits per heavy atom. The van der Waals surface area contributed by atoms with E-state index in [1.807, 2.05) is 0 Å². The Kier molecular flexibility index (Phi) is 2.69. The van der Waals surface area contributed by atoms with Crippen LogP contribution in [0.25, 0.3) is 11.0 Å². The summed E-state index contributed by atoms with van der Waals surface area (Å²) in [6, 6.07) is 0. The van der Waals surface area contributed by atoms with Crippen molar-refractivity contribution in [1.82, 2.24) is 20.2 Å². The lowest BCUT2D eigenvalue weighted by Gasteiger charge is -2.18. The van der Waals surface area contributed by atoms with Gasteiger partial charge in [-0.05, 0) is 25.4 Å². The number of H-pyrrole nitrogens is 1. The fraction of sp³-hybridized carbons (Fsp3) is 0.444. The molecule has 0 aliphatic heterocycles. The molecular weight excluding hydrogens is 230 g/mol. The van der Waals surface area contributed by atoms with E-state index in [1.165, 1.54) is 0 Å². The number of aromatic nitrogens is 4. The van der Waals surface area contributed by atoms with Crippen LogP contribution in [-0.2, 0) is 0 Å². The van der Waals surface area contributed by atoms with Gasteiger partial charge in [0.2, 0.25) is 5.28 Å². The molecule has 0 aliphatic rings. The van der Waals surface area contributed by atoms with E-state index in [2.05, 4.69) is 25.5 Å². The molecule has 0 saturated heterocycles. The summed E-state index contributed by atoms with van der Waals surface area (Å²) in [5.41, 5.74) is -0.258. The lowest BCUT2D eigenvalue weighted by Crippen LogP contribution is -2.29. The van der Waals surface area contributed by atoms with Gasteiger partial charge in [-0.1, -0.05) is 0 Å². The molecule has 0 bridgehead atoms. The molecule has 0 spiro atoms. The topological polar surface area (TPSA) is 86.7 Å². The first-order valence-electron chi connectivity index (χ1n) is 4.78. The van der Waals surface area contributed by atoms with Crippen LogP contribution in [0.3, 0.4) is 0 Å². The summed E-state index contributed by atoms with van der Waals surface area (Å²) in [5, 5.41) is 20.1. The molecule has 2 rings (SSSR count). The smallest absolute Gasteiger partial charge is 0.226 e. The standard InChI is InChI=1S/C9H12ClN5O/c1-9(2,16)4-11-6-5-3-12-15-7(5)14-8(10)13-6/h3,16H,4H2,1-2H3,(H2,11,12,13,14,15). The van der Waals surface area contributed by atoms with Crippen molar-refractivity contribution in [3.63, 3.8) is 0 Å². The number of nitrogens with one attached hydrogen (secondary N) is 2. The highest BCUT2D eigenvalue weighted by atomic mass is 35.5. The highest BCUT2D eigenvalue weighted by molar-refractivity contribution is 6.28. The van der Waals surface area contributed by atoms with E-state index in [4.69, 9.17) is 11.6 Å². The normalized spacial score (nSPS) is 12.0. The van der Waals surface area contributed by atoms with Gasteiger partial charge in [0.05, 0.1) is 17.2 Å². The predicted octanol–water partition coefficient (Wildman–Crippen LogP) is 1.19. The largest absolute Gasteiger partial charge is 0.389 e. The van der Waals surface area contributed by atoms with Gasteiger partial charge >= 0.3 is 0 Å². The van der Waals surface area contributed by atoms with Crippen LogP contribution < -0.4 is 5.32 Å². The molecule has 0 amide bonds. The number of halogens is 1. The van der Waals surface area contributed by atoms with Crippen molar-refractivity contribution >= 4 is 28.5 Å². The van der Waals surface area contributed by atoms with Crippen molar-refractivity contribution in [2.45, 2.75) is 19.4 Å². The summed E-state index contributed by atoms with van der Waals surface area (Å²) in [6.45, 7) is 3.77. The van der Waals surface area contributed by atoms with Gasteiger partial charge in [0, 0.05) is 6.54 Å². The second-order valence-electron chi connectivity index (χ2n) is 4.14. The average molecular weight is 242 g/mol. The molecule has 0 fully saturated rings. The Morgan fingerprint density at radius 2 is 2.25 bits per heavy atom. The molecular formula is C9H12ClN5O. The zero-order chi connectivity index (χ0) is 11.8. The van der Waals surface area contributed by atoms with Gasteiger partial charge in [0.15, 0.2) is 5.65 Å². The number of nitrogens with zero attached hydrogens (tertiary/aromatic N) is 3. The number of aliphatic hydroxyl groups is 1. The van der Waals surface area contributed by atoms with Crippen LogP contribution in [0.5, 0.6) is 0 Å². The average Bonchev–Trinajstić information content (AvgIpc) is 2.60. The predicted molar refractivity (Wildman–Crippen MR) is 61.5 cm³/mol. The molecule has 2 heterocycles. The van der Waals surface area contributed by atoms with Gasteiger partial charge < -0.3 is 10.4 Å². The number of hydrogen-bond donors (Lipinski definition) is 3. The van der Waals surface area contributed by atoms with E-state index < -0.39 is 5.60 Å². The molecule has 0 radical (unpaired) electrons. The molecule has 3 N–H and O–H groups in total. The van der Waals surface area contributed by atoms with E-state index in [0.29, 0.717) is 18.0 Å². The fourth-order valence-electron chi connectivity index (χ4n) is 1.24. The van der Waals surface area contributed by atoms with E-state index in [0.717, 1.165) is 5.39 Å². The summed E-state index contributed by atoms with van der Waals surface area (Å²) in [5.74, 6) is 0.561. The molecule has 2 aromatic heterocycles. The van der Waals surface area contributed by atoms with Gasteiger partial charge in [0.1, 0.15) is 5.82 Å². The Morgan fingerprint density at radius 3 is 2.94 bits per heavy atom. The van der Waals surface area contributed by atoms with Gasteiger partial charge in [0.25, 0.3) is 0 Å². The molecule has 86 valence electrons. The molecule has 16 heavy (non-hydrogen) atoms. The number of aromatic amines is 1. The third-order valence-electron chi connectivity index (χ3n) is 1.97. The number of anilines is 1. The Labute approximate surface area is 97.1 Å². The van der Waals surface area contributed by atoms with E-state index in [-0.39, 0.29) is 5.28 Å². The van der Waals surface area contributed by atoms with Gasteiger partial charge in [-0.15, -0.1) is 0 Å². The zero-order valence-corrected chi connectivity index (χ0v) is 9.71. The van der Waals surface area contributed by atoms with Crippen LogP contribution >= 0.6 is 11.6 Å². The molecule has 6 nitrogen and oxygen atoms in total. The first-order chi connectivity index (χ1) is 7.46. The molecule has 0 unspecified atom stereocenters. The number of hydrogen-bond acceptors (Lipinski definition) is 5. The molecule has 0 aliphatic carbocycles. The lowest BCUT2D eigenvalue weighted by atomic mass is 10.1. The molecule has 0 atom stereocenters. The van der Waals surface area contributed by atoms with Crippen LogP contribution in [-0.4, -0.2) is 37.4 Å². The van der Waals surface area contributed by atoms with Crippen LogP contribution in [0.2, 0.25) is 5.28 Å². The van der Waals surface area contributed by atoms with E-state index >= 15 is 0 Å². The Balaban J connectivity index is 2.32. The third-order valence-corrected chi connectivity index (χ3v) is 2.14. The minimum atomic E-state index is -0.826. The monoisotopic (exact) mass is 241 g/mol. The van der Waals surface area contributed by atoms with Gasteiger partial charge in [-0.3, -0.25) is 5.10 Å². The molecule has 7 heteroatoms. The second kappa shape index (κ2) is 3.88. The summed E-state index contributed by atoms with van der Waals surface area (Å²) < 4.78 is 0. The molecule has 2 aromatic rings. The quantitative estimate of drug-likeness (QED) is 0.703. The van der Waals surface area contributed by atoms with Crippen molar-refractivity contribution in [2.75, 3.05) is 11.9 Å². The zero-order valence-electron chi connectivity index (χ0n) is 8.95. The first kappa shape index (κ1) is 11.1. The second-order valence-corrected chi connectivity index (χ2v) is 4.48. The summed E-state index contributed by atoms with van der Waals surface area (Å²) >= 11 is 5.76. The van der Waals surface area contributed by atoms with Crippen molar-refractivity contribution < 1.29 is 5.11 Å². The fourth-order valence-corrected chi connectivity index (χ4v) is 1.41. The van der Waals surface area contributed by atoms with Crippen LogP contribution in [0.4, 0.5) is 5.82 Å². The Bertz CT molecular complexity index is 504. The SMILES string of the molecule is CC(C)(O)CNc1nc(Cl)nc2[nH]ncc12. The Hall–Kier alpha value is -1.40. The lowest BCUT2D eigenvalue weighted by molar-refractivity contribution is 0.0944. The van der Waals surface area contributed by atoms with Gasteiger partial charge in [-0.25, -0.2) is 0 Å². The van der Waals surface area contributed by atoms with E-state index in [9.17, 15) is 5.11 Å². The highest BCUT2D eigenvalue weighted by Crippen LogP contribution is 2.20. The minimum Gasteiger partial charge on any atom is -0.389 e. The van der Waals surface area contributed by atoms with Crippen molar-refractivity contribution in [2.24, 2.45) is 0 Å². The van der Waals surface area contributed by atoms with Crippen LogP contribution in [0, 0.1) is 0 Å². The molecule has 0 saturated carbocycles. The van der Waals surface area contributed by atoms with Crippen LogP contribution in [0.1, 0.15) is 13.8 Å².